The van der Waals surface area contributed by atoms with Crippen LogP contribution in [0.4, 0.5) is 0 Å². The average Bonchev–Trinajstić information content (AvgIpc) is 4.14. The number of fused-ring (bicyclic) bond motifs is 1. The Hall–Kier alpha value is -3.84. The number of rotatable bonds is 23. The summed E-state index contributed by atoms with van der Waals surface area (Å²) in [5.74, 6) is 0. The number of sulfone groups is 1. The summed E-state index contributed by atoms with van der Waals surface area (Å²) in [4.78, 5) is -2.11. The van der Waals surface area contributed by atoms with Crippen molar-refractivity contribution in [3.05, 3.63) is 163 Å². The van der Waals surface area contributed by atoms with E-state index >= 15 is 8.42 Å². The molecule has 0 radical (unpaired) electrons. The highest BCUT2D eigenvalue weighted by atomic mass is 32.2. The SMILES string of the molecule is CC[Si](CC)(CC)O[C@H]1C[C@H]2O[C@H](CCCOCc3ccccc3)C[C@H](OCc3ccccc3)[C@@H]2O[C@]1(C)[C@H](O)[C@]1(S(=O)(=O)c2ccccc2)O[C@H]1CO[Si](c1ccccc1)(c1ccccc1)C(C)(C)C. The van der Waals surface area contributed by atoms with Gasteiger partial charge >= 0.3 is 0 Å². The molecule has 71 heavy (non-hydrogen) atoms. The number of ether oxygens (including phenoxy) is 5. The second-order valence-electron chi connectivity index (χ2n) is 20.9. The summed E-state index contributed by atoms with van der Waals surface area (Å²) in [6.45, 7) is 16.3. The number of aliphatic hydroxyl groups excluding tert-OH is 1. The van der Waals surface area contributed by atoms with Gasteiger partial charge in [0, 0.05) is 19.4 Å². The van der Waals surface area contributed by atoms with Crippen molar-refractivity contribution >= 4 is 36.8 Å². The number of benzene rings is 5. The maximum absolute atomic E-state index is 15.6. The summed E-state index contributed by atoms with van der Waals surface area (Å²) in [7, 11) is -10.1. The molecule has 0 spiro atoms. The summed E-state index contributed by atoms with van der Waals surface area (Å²) in [6, 6.07) is 51.6. The normalized spacial score (nSPS) is 26.4. The fourth-order valence-electron chi connectivity index (χ4n) is 11.3. The van der Waals surface area contributed by atoms with Crippen LogP contribution in [0.5, 0.6) is 0 Å². The van der Waals surface area contributed by atoms with Crippen LogP contribution in [0.15, 0.2) is 157 Å². The van der Waals surface area contributed by atoms with Crippen LogP contribution in [0.25, 0.3) is 0 Å². The van der Waals surface area contributed by atoms with Gasteiger partial charge in [-0.05, 0) is 76.6 Å². The molecule has 8 rings (SSSR count). The third-order valence-electron chi connectivity index (χ3n) is 15.6. The van der Waals surface area contributed by atoms with E-state index in [0.29, 0.717) is 32.7 Å². The van der Waals surface area contributed by atoms with Gasteiger partial charge in [0.15, 0.2) is 8.32 Å². The zero-order chi connectivity index (χ0) is 50.3. The predicted molar refractivity (Wildman–Crippen MR) is 284 cm³/mol. The number of epoxide rings is 1. The summed E-state index contributed by atoms with van der Waals surface area (Å²) in [5.41, 5.74) is 0.546. The lowest BCUT2D eigenvalue weighted by Gasteiger charge is -2.56. The topological polar surface area (TPSA) is 122 Å². The van der Waals surface area contributed by atoms with Gasteiger partial charge < -0.3 is 37.6 Å². The molecule has 0 saturated carbocycles. The first-order valence-corrected chi connectivity index (χ1v) is 31.8. The Morgan fingerprint density at radius 1 is 0.718 bits per heavy atom. The van der Waals surface area contributed by atoms with Gasteiger partial charge in [0.05, 0.1) is 49.1 Å². The molecule has 3 fully saturated rings. The molecule has 0 unspecified atom stereocenters. The minimum atomic E-state index is -4.45. The fourth-order valence-corrected chi connectivity index (χ4v) is 20.8. The van der Waals surface area contributed by atoms with Gasteiger partial charge in [0.1, 0.15) is 23.9 Å². The molecule has 3 aliphatic heterocycles. The Morgan fingerprint density at radius 2 is 1.24 bits per heavy atom. The minimum Gasteiger partial charge on any atom is -0.411 e. The van der Waals surface area contributed by atoms with Crippen molar-refractivity contribution in [3.63, 3.8) is 0 Å². The number of hydrogen-bond acceptors (Lipinski definition) is 10. The molecule has 9 atom stereocenters. The fraction of sp³-hybridized carbons (Fsp3) is 0.483. The van der Waals surface area contributed by atoms with Gasteiger partial charge in [0.2, 0.25) is 14.8 Å². The summed E-state index contributed by atoms with van der Waals surface area (Å²) >= 11 is 0. The van der Waals surface area contributed by atoms with E-state index in [0.717, 1.165) is 52.5 Å². The zero-order valence-electron chi connectivity index (χ0n) is 42.8. The zero-order valence-corrected chi connectivity index (χ0v) is 45.6. The molecule has 5 aromatic carbocycles. The monoisotopic (exact) mass is 1020 g/mol. The highest BCUT2D eigenvalue weighted by Crippen LogP contribution is 2.55. The quantitative estimate of drug-likeness (QED) is 0.0385. The number of hydrogen-bond donors (Lipinski definition) is 1. The molecule has 0 aliphatic carbocycles. The van der Waals surface area contributed by atoms with E-state index in [2.05, 4.69) is 77.9 Å². The van der Waals surface area contributed by atoms with Gasteiger partial charge in [-0.3, -0.25) is 0 Å². The highest BCUT2D eigenvalue weighted by Gasteiger charge is 2.77. The second kappa shape index (κ2) is 22.7. The largest absolute Gasteiger partial charge is 0.411 e. The lowest BCUT2D eigenvalue weighted by atomic mass is 9.79. The lowest BCUT2D eigenvalue weighted by molar-refractivity contribution is -0.307. The molecular formula is C58H76O10SSi2. The summed E-state index contributed by atoms with van der Waals surface area (Å²) in [5, 5.41) is 15.3. The highest BCUT2D eigenvalue weighted by molar-refractivity contribution is 7.93. The first-order valence-electron chi connectivity index (χ1n) is 25.8. The third kappa shape index (κ3) is 11.0. The summed E-state index contributed by atoms with van der Waals surface area (Å²) in [6.07, 6.45) is -2.80. The number of aliphatic hydroxyl groups is 1. The Kier molecular flexibility index (Phi) is 17.1. The van der Waals surface area contributed by atoms with E-state index < -0.39 is 78.7 Å². The maximum atomic E-state index is 15.6. The molecular weight excluding hydrogens is 945 g/mol. The molecule has 0 amide bonds. The van der Waals surface area contributed by atoms with Crippen LogP contribution in [-0.2, 0) is 55.6 Å². The van der Waals surface area contributed by atoms with Crippen molar-refractivity contribution in [3.8, 4) is 0 Å². The van der Waals surface area contributed by atoms with E-state index in [-0.39, 0.29) is 17.6 Å². The van der Waals surface area contributed by atoms with E-state index in [1.54, 1.807) is 30.3 Å². The smallest absolute Gasteiger partial charge is 0.261 e. The van der Waals surface area contributed by atoms with Gasteiger partial charge in [-0.1, -0.05) is 181 Å². The van der Waals surface area contributed by atoms with E-state index in [4.69, 9.17) is 32.5 Å². The Labute approximate surface area is 425 Å². The molecule has 3 heterocycles. The van der Waals surface area contributed by atoms with Crippen molar-refractivity contribution < 1.29 is 46.1 Å². The molecule has 1 N–H and O–H groups in total. The minimum absolute atomic E-state index is 0.0433. The van der Waals surface area contributed by atoms with Crippen molar-refractivity contribution in [1.29, 1.82) is 0 Å². The van der Waals surface area contributed by atoms with E-state index in [9.17, 15) is 5.11 Å². The molecule has 13 heteroatoms. The average molecular weight is 1020 g/mol. The van der Waals surface area contributed by atoms with Crippen LogP contribution < -0.4 is 10.4 Å². The van der Waals surface area contributed by atoms with Gasteiger partial charge in [0.25, 0.3) is 8.32 Å². The predicted octanol–water partition coefficient (Wildman–Crippen LogP) is 10.2. The Bertz CT molecular complexity index is 2480. The van der Waals surface area contributed by atoms with Crippen molar-refractivity contribution in [2.45, 2.75) is 169 Å². The van der Waals surface area contributed by atoms with Crippen LogP contribution in [0.3, 0.4) is 0 Å². The first-order chi connectivity index (χ1) is 34.2. The van der Waals surface area contributed by atoms with Crippen LogP contribution in [-0.4, -0.2) is 96.6 Å². The molecule has 10 nitrogen and oxygen atoms in total. The van der Waals surface area contributed by atoms with Crippen LogP contribution in [0.1, 0.15) is 85.3 Å². The van der Waals surface area contributed by atoms with Gasteiger partial charge in [-0.25, -0.2) is 8.42 Å². The molecule has 0 bridgehead atoms. The molecule has 0 aromatic heterocycles. The molecule has 5 aromatic rings. The maximum Gasteiger partial charge on any atom is 0.261 e. The van der Waals surface area contributed by atoms with Crippen LogP contribution in [0, 0.1) is 0 Å². The van der Waals surface area contributed by atoms with E-state index in [1.165, 1.54) is 0 Å². The Balaban J connectivity index is 1.15. The van der Waals surface area contributed by atoms with Crippen molar-refractivity contribution in [2.75, 3.05) is 13.2 Å². The first kappa shape index (κ1) is 53.5. The van der Waals surface area contributed by atoms with Crippen molar-refractivity contribution in [2.24, 2.45) is 0 Å². The van der Waals surface area contributed by atoms with Gasteiger partial charge in [-0.15, -0.1) is 0 Å². The molecule has 382 valence electrons. The second-order valence-corrected chi connectivity index (χ2v) is 32.1. The lowest BCUT2D eigenvalue weighted by Crippen LogP contribution is -2.70. The van der Waals surface area contributed by atoms with Crippen LogP contribution >= 0.6 is 0 Å². The molecule has 3 aliphatic rings. The van der Waals surface area contributed by atoms with Crippen molar-refractivity contribution in [1.82, 2.24) is 0 Å². The van der Waals surface area contributed by atoms with Gasteiger partial charge in [-0.2, -0.15) is 0 Å². The summed E-state index contributed by atoms with van der Waals surface area (Å²) < 4.78 is 80.1. The Morgan fingerprint density at radius 3 is 1.77 bits per heavy atom. The third-order valence-corrected chi connectivity index (χ3v) is 27.6. The van der Waals surface area contributed by atoms with E-state index in [1.807, 2.05) is 91.9 Å². The van der Waals surface area contributed by atoms with Crippen LogP contribution in [0.2, 0.25) is 23.2 Å². The standard InChI is InChI=1S/C58H76O10SSi2/c1-8-70(9-2,10-3)68-52-40-51-54(50(63-42-45-29-18-12-19-30-45)39-46(65-51)31-26-38-62-41-44-27-16-11-17-28-44)67-57(52,7)55(59)58(69(60,61)47-32-20-13-21-33-47)53(66-58)43-64-71(56(4,5)6,48-34-22-14-23-35-48)49-36-24-15-25-37-49/h11-25,27-30,32-37,46,50-55,59H,8-10,26,31,38-43H2,1-7H3/t46-,50+,51-,52+,53+,54+,55+,57+,58+/m1/s1. The molecule has 3 saturated heterocycles.